The van der Waals surface area contributed by atoms with Gasteiger partial charge < -0.3 is 9.47 Å². The Morgan fingerprint density at radius 1 is 1.09 bits per heavy atom. The number of ether oxygens (including phenoxy) is 2. The van der Waals surface area contributed by atoms with E-state index in [9.17, 15) is 23.2 Å². The summed E-state index contributed by atoms with van der Waals surface area (Å²) < 4.78 is 49.9. The van der Waals surface area contributed by atoms with Crippen LogP contribution in [0.15, 0.2) is 60.8 Å². The first kappa shape index (κ1) is 24.1. The molecule has 0 aliphatic heterocycles. The Morgan fingerprint density at radius 2 is 1.79 bits per heavy atom. The van der Waals surface area contributed by atoms with E-state index >= 15 is 0 Å². The first-order valence-corrected chi connectivity index (χ1v) is 10.1. The largest absolute Gasteiger partial charge is 0.479 e. The summed E-state index contributed by atoms with van der Waals surface area (Å²) in [5.74, 6) is -1.15. The van der Waals surface area contributed by atoms with Crippen molar-refractivity contribution in [3.05, 3.63) is 82.6 Å². The van der Waals surface area contributed by atoms with E-state index in [-0.39, 0.29) is 11.4 Å². The van der Waals surface area contributed by atoms with Crippen molar-refractivity contribution in [2.45, 2.75) is 32.0 Å². The second-order valence-corrected chi connectivity index (χ2v) is 7.58. The van der Waals surface area contributed by atoms with E-state index in [4.69, 9.17) is 21.1 Å². The van der Waals surface area contributed by atoms with E-state index in [1.807, 2.05) is 13.0 Å². The van der Waals surface area contributed by atoms with E-state index in [1.165, 1.54) is 6.92 Å². The second-order valence-electron chi connectivity index (χ2n) is 7.18. The fourth-order valence-electron chi connectivity index (χ4n) is 2.94. The Labute approximate surface area is 193 Å². The van der Waals surface area contributed by atoms with Gasteiger partial charge in [0.05, 0.1) is 22.3 Å². The van der Waals surface area contributed by atoms with Gasteiger partial charge in [-0.25, -0.2) is 0 Å². The summed E-state index contributed by atoms with van der Waals surface area (Å²) in [5, 5.41) is 9.86. The van der Waals surface area contributed by atoms with E-state index in [2.05, 4.69) is 4.98 Å². The minimum Gasteiger partial charge on any atom is -0.479 e. The van der Waals surface area contributed by atoms with Crippen molar-refractivity contribution >= 4 is 17.4 Å². The van der Waals surface area contributed by atoms with Crippen LogP contribution in [0.25, 0.3) is 0 Å². The van der Waals surface area contributed by atoms with Crippen molar-refractivity contribution in [1.82, 2.24) is 4.98 Å². The molecule has 1 aromatic heterocycles. The molecule has 0 N–H and O–H groups in total. The van der Waals surface area contributed by atoms with E-state index < -0.39 is 29.5 Å². The summed E-state index contributed by atoms with van der Waals surface area (Å²) in [6, 6.07) is 15.4. The standard InChI is InChI=1S/C24H18ClF3N2O3/c1-14-7-10-20(18(25)11-14)33-22-6-4-3-5-21(22)32-15(2)23(31)17(12-29)19-9-8-16(13-30-19)24(26,27)28/h3-11,13,15,17H,1-2H3. The monoisotopic (exact) mass is 474 g/mol. The number of nitriles is 1. The number of rotatable bonds is 7. The van der Waals surface area contributed by atoms with Crippen molar-refractivity contribution in [2.24, 2.45) is 0 Å². The number of ketones is 1. The van der Waals surface area contributed by atoms with Gasteiger partial charge in [-0.2, -0.15) is 18.4 Å². The van der Waals surface area contributed by atoms with Crippen molar-refractivity contribution in [2.75, 3.05) is 0 Å². The number of para-hydroxylation sites is 2. The molecular formula is C24H18ClF3N2O3. The molecule has 1 heterocycles. The summed E-state index contributed by atoms with van der Waals surface area (Å²) >= 11 is 6.22. The number of nitrogens with zero attached hydrogens (tertiary/aromatic N) is 2. The fraction of sp³-hybridized carbons (Fsp3) is 0.208. The third-order valence-corrected chi connectivity index (χ3v) is 4.98. The predicted octanol–water partition coefficient (Wildman–Crippen LogP) is 6.50. The number of carbonyl (C=O) groups excluding carboxylic acids is 1. The zero-order valence-electron chi connectivity index (χ0n) is 17.6. The first-order chi connectivity index (χ1) is 15.6. The van der Waals surface area contributed by atoms with Crippen LogP contribution in [0.2, 0.25) is 5.02 Å². The van der Waals surface area contributed by atoms with Crippen LogP contribution in [0.4, 0.5) is 13.2 Å². The number of benzene rings is 2. The van der Waals surface area contributed by atoms with Gasteiger partial charge in [0.2, 0.25) is 0 Å². The topological polar surface area (TPSA) is 72.2 Å². The highest BCUT2D eigenvalue weighted by molar-refractivity contribution is 6.32. The normalized spacial score (nSPS) is 13.0. The Morgan fingerprint density at radius 3 is 2.36 bits per heavy atom. The van der Waals surface area contributed by atoms with Crippen LogP contribution in [-0.4, -0.2) is 16.9 Å². The zero-order chi connectivity index (χ0) is 24.2. The average molecular weight is 475 g/mol. The van der Waals surface area contributed by atoms with Gasteiger partial charge in [-0.15, -0.1) is 0 Å². The SMILES string of the molecule is Cc1ccc(Oc2ccccc2OC(C)C(=O)C(C#N)c2ccc(C(F)(F)F)cn2)c(Cl)c1. The van der Waals surface area contributed by atoms with Crippen LogP contribution >= 0.6 is 11.6 Å². The highest BCUT2D eigenvalue weighted by Crippen LogP contribution is 2.36. The van der Waals surface area contributed by atoms with Gasteiger partial charge in [-0.3, -0.25) is 9.78 Å². The highest BCUT2D eigenvalue weighted by Gasteiger charge is 2.33. The molecule has 2 atom stereocenters. The number of hydrogen-bond donors (Lipinski definition) is 0. The lowest BCUT2D eigenvalue weighted by atomic mass is 9.97. The third kappa shape index (κ3) is 5.82. The van der Waals surface area contributed by atoms with E-state index in [1.54, 1.807) is 42.5 Å². The molecule has 170 valence electrons. The quantitative estimate of drug-likeness (QED) is 0.391. The molecule has 2 aromatic carbocycles. The Balaban J connectivity index is 1.78. The first-order valence-electron chi connectivity index (χ1n) is 9.76. The van der Waals surface area contributed by atoms with Crippen LogP contribution in [0.5, 0.6) is 17.2 Å². The molecule has 0 spiro atoms. The third-order valence-electron chi connectivity index (χ3n) is 4.68. The number of halogens is 4. The van der Waals surface area contributed by atoms with Gasteiger partial charge in [-0.05, 0) is 55.8 Å². The Hall–Kier alpha value is -3.57. The molecule has 0 fully saturated rings. The zero-order valence-corrected chi connectivity index (χ0v) is 18.3. The van der Waals surface area contributed by atoms with Crippen LogP contribution < -0.4 is 9.47 Å². The number of carbonyl (C=O) groups is 1. The number of Topliss-reactive ketones (excluding diaryl/α,β-unsaturated/α-hetero) is 1. The number of aryl methyl sites for hydroxylation is 1. The maximum absolute atomic E-state index is 12.9. The van der Waals surface area contributed by atoms with Gasteiger partial charge in [0, 0.05) is 6.20 Å². The molecule has 9 heteroatoms. The van der Waals surface area contributed by atoms with Crippen molar-refractivity contribution in [3.8, 4) is 23.3 Å². The molecule has 0 bridgehead atoms. The number of hydrogen-bond acceptors (Lipinski definition) is 5. The maximum atomic E-state index is 12.9. The van der Waals surface area contributed by atoms with Gasteiger partial charge in [0.25, 0.3) is 0 Å². The highest BCUT2D eigenvalue weighted by atomic mass is 35.5. The maximum Gasteiger partial charge on any atom is 0.417 e. The molecule has 0 aliphatic carbocycles. The Bertz CT molecular complexity index is 1190. The minimum atomic E-state index is -4.57. The molecule has 0 radical (unpaired) electrons. The smallest absolute Gasteiger partial charge is 0.417 e. The number of aromatic nitrogens is 1. The van der Waals surface area contributed by atoms with Crippen LogP contribution in [-0.2, 0) is 11.0 Å². The molecule has 0 amide bonds. The van der Waals surface area contributed by atoms with Crippen LogP contribution in [0.1, 0.15) is 29.7 Å². The van der Waals surface area contributed by atoms with Crippen LogP contribution in [0.3, 0.4) is 0 Å². The average Bonchev–Trinajstić information content (AvgIpc) is 2.77. The summed E-state index contributed by atoms with van der Waals surface area (Å²) in [4.78, 5) is 16.5. The second kappa shape index (κ2) is 9.92. The Kier molecular flexibility index (Phi) is 7.24. The summed E-state index contributed by atoms with van der Waals surface area (Å²) in [6.45, 7) is 3.32. The molecule has 0 saturated heterocycles. The number of alkyl halides is 3. The molecule has 5 nitrogen and oxygen atoms in total. The minimum absolute atomic E-state index is 0.0954. The predicted molar refractivity (Wildman–Crippen MR) is 115 cm³/mol. The van der Waals surface area contributed by atoms with Gasteiger partial charge in [0.1, 0.15) is 5.75 Å². The molecule has 3 aromatic rings. The molecule has 33 heavy (non-hydrogen) atoms. The fourth-order valence-corrected chi connectivity index (χ4v) is 3.22. The summed E-state index contributed by atoms with van der Waals surface area (Å²) in [6.07, 6.45) is -5.09. The summed E-state index contributed by atoms with van der Waals surface area (Å²) in [5.41, 5.74) is -0.113. The lowest BCUT2D eigenvalue weighted by molar-refractivity contribution is -0.137. The summed E-state index contributed by atoms with van der Waals surface area (Å²) in [7, 11) is 0. The van der Waals surface area contributed by atoms with Crippen LogP contribution in [0, 0.1) is 18.3 Å². The lowest BCUT2D eigenvalue weighted by Gasteiger charge is -2.19. The van der Waals surface area contributed by atoms with Gasteiger partial charge in [0.15, 0.2) is 29.3 Å². The molecule has 0 saturated carbocycles. The molecular weight excluding hydrogens is 457 g/mol. The van der Waals surface area contributed by atoms with Crippen molar-refractivity contribution < 1.29 is 27.4 Å². The molecule has 3 rings (SSSR count). The number of pyridine rings is 1. The van der Waals surface area contributed by atoms with E-state index in [0.29, 0.717) is 22.7 Å². The van der Waals surface area contributed by atoms with Crippen molar-refractivity contribution in [3.63, 3.8) is 0 Å². The van der Waals surface area contributed by atoms with Gasteiger partial charge in [-0.1, -0.05) is 29.8 Å². The molecule has 0 aliphatic rings. The lowest BCUT2D eigenvalue weighted by Crippen LogP contribution is -2.29. The molecule has 2 unspecified atom stereocenters. The van der Waals surface area contributed by atoms with E-state index in [0.717, 1.165) is 17.7 Å². The van der Waals surface area contributed by atoms with Gasteiger partial charge >= 0.3 is 6.18 Å². The van der Waals surface area contributed by atoms with Crippen molar-refractivity contribution in [1.29, 1.82) is 5.26 Å².